The van der Waals surface area contributed by atoms with E-state index in [0.717, 1.165) is 10.5 Å². The minimum absolute atomic E-state index is 0.0245. The van der Waals surface area contributed by atoms with Crippen molar-refractivity contribution in [3.8, 4) is 5.75 Å². The van der Waals surface area contributed by atoms with E-state index < -0.39 is 41.5 Å². The normalized spacial score (nSPS) is 27.9. The van der Waals surface area contributed by atoms with Gasteiger partial charge in [0.05, 0.1) is 18.3 Å². The highest BCUT2D eigenvalue weighted by Gasteiger charge is 2.56. The van der Waals surface area contributed by atoms with Crippen LogP contribution in [0, 0.1) is 24.7 Å². The smallest absolute Gasteiger partial charge is 0.305 e. The Hall–Kier alpha value is -3.81. The Balaban J connectivity index is 1.65. The molecule has 3 aliphatic carbocycles. The number of imide groups is 1. The molecule has 4 atom stereocenters. The minimum Gasteiger partial charge on any atom is -0.507 e. The maximum Gasteiger partial charge on any atom is 0.305 e. The number of benzene rings is 1. The van der Waals surface area contributed by atoms with E-state index in [-0.39, 0.29) is 43.1 Å². The number of phenolic OH excluding ortho intramolecular Hbond substituents is 1. The van der Waals surface area contributed by atoms with Crippen molar-refractivity contribution in [2.75, 3.05) is 6.54 Å². The molecule has 1 heterocycles. The lowest BCUT2D eigenvalue weighted by Gasteiger charge is -2.42. The highest BCUT2D eigenvalue weighted by molar-refractivity contribution is 6.23. The molecule has 1 aliphatic heterocycles. The molecule has 35 heavy (non-hydrogen) atoms. The summed E-state index contributed by atoms with van der Waals surface area (Å²) in [4.78, 5) is 64.9. The lowest BCUT2D eigenvalue weighted by molar-refractivity contribution is -0.142. The molecule has 0 saturated carbocycles. The number of phenols is 1. The number of allylic oxidation sites excluding steroid dienone is 6. The predicted octanol–water partition coefficient (Wildman–Crippen LogP) is 2.60. The van der Waals surface area contributed by atoms with Crippen LogP contribution in [0.1, 0.15) is 43.2 Å². The number of hydrogen-bond acceptors (Lipinski definition) is 6. The maximum absolute atomic E-state index is 13.4. The van der Waals surface area contributed by atoms with Crippen LogP contribution in [0.5, 0.6) is 5.75 Å². The number of ketones is 2. The summed E-state index contributed by atoms with van der Waals surface area (Å²) in [6.45, 7) is 3.13. The molecule has 1 saturated heterocycles. The van der Waals surface area contributed by atoms with Gasteiger partial charge in [-0.1, -0.05) is 29.8 Å². The number of carbonyl (C=O) groups is 5. The van der Waals surface area contributed by atoms with Gasteiger partial charge in [0, 0.05) is 34.7 Å². The first-order valence-corrected chi connectivity index (χ1v) is 11.7. The number of hydrogen-bond donors (Lipinski definition) is 2. The van der Waals surface area contributed by atoms with Crippen molar-refractivity contribution in [1.82, 2.24) is 4.90 Å². The third-order valence-corrected chi connectivity index (χ3v) is 7.78. The summed E-state index contributed by atoms with van der Waals surface area (Å²) in [7, 11) is 0. The van der Waals surface area contributed by atoms with E-state index in [4.69, 9.17) is 5.11 Å². The number of aliphatic carboxylic acids is 1. The van der Waals surface area contributed by atoms with Crippen molar-refractivity contribution in [3.05, 3.63) is 63.8 Å². The molecule has 8 heteroatoms. The van der Waals surface area contributed by atoms with Gasteiger partial charge in [-0.3, -0.25) is 28.9 Å². The summed E-state index contributed by atoms with van der Waals surface area (Å²) in [5, 5.41) is 20.0. The summed E-state index contributed by atoms with van der Waals surface area (Å²) in [5.74, 6) is -5.06. The molecule has 1 fully saturated rings. The summed E-state index contributed by atoms with van der Waals surface area (Å²) in [6.07, 6.45) is 3.27. The lowest BCUT2D eigenvalue weighted by atomic mass is 9.59. The molecule has 180 valence electrons. The van der Waals surface area contributed by atoms with E-state index in [0.29, 0.717) is 27.8 Å². The SMILES string of the molecule is CC1=CC(=O)C2=C(C[C@@H]3C(=CC[C@@H]4C(=O)N(CCC(=O)O)C(=O)[C@@H]43)[C@@H]2c2cccc(C)c2O)C1=O. The quantitative estimate of drug-likeness (QED) is 0.389. The number of para-hydroxylation sites is 1. The van der Waals surface area contributed by atoms with Crippen LogP contribution < -0.4 is 0 Å². The van der Waals surface area contributed by atoms with Gasteiger partial charge in [-0.25, -0.2) is 0 Å². The average molecular weight is 475 g/mol. The summed E-state index contributed by atoms with van der Waals surface area (Å²) in [5.41, 5.74) is 2.82. The van der Waals surface area contributed by atoms with Gasteiger partial charge in [-0.05, 0) is 44.2 Å². The topological polar surface area (TPSA) is 129 Å². The number of carboxylic acid groups (broad SMARTS) is 1. The number of Topliss-reactive ketones (excluding diaryl/α,β-unsaturated/α-hetero) is 1. The molecular formula is C27H25NO7. The van der Waals surface area contributed by atoms with Gasteiger partial charge in [-0.2, -0.15) is 0 Å². The zero-order valence-electron chi connectivity index (χ0n) is 19.4. The Morgan fingerprint density at radius 3 is 2.54 bits per heavy atom. The van der Waals surface area contributed by atoms with Gasteiger partial charge in [0.15, 0.2) is 11.6 Å². The van der Waals surface area contributed by atoms with Crippen LogP contribution in [0.4, 0.5) is 0 Å². The van der Waals surface area contributed by atoms with Gasteiger partial charge in [0.2, 0.25) is 11.8 Å². The third-order valence-electron chi connectivity index (χ3n) is 7.78. The number of fused-ring (bicyclic) bond motifs is 3. The monoisotopic (exact) mass is 475 g/mol. The summed E-state index contributed by atoms with van der Waals surface area (Å²) in [6, 6.07) is 5.24. The molecule has 1 aromatic carbocycles. The van der Waals surface area contributed by atoms with Gasteiger partial charge in [0.25, 0.3) is 0 Å². The Morgan fingerprint density at radius 1 is 1.09 bits per heavy atom. The van der Waals surface area contributed by atoms with Crippen molar-refractivity contribution in [1.29, 1.82) is 0 Å². The zero-order chi connectivity index (χ0) is 25.2. The molecule has 5 rings (SSSR count). The molecule has 2 N–H and O–H groups in total. The van der Waals surface area contributed by atoms with E-state index >= 15 is 0 Å². The Labute approximate surface area is 201 Å². The molecule has 0 unspecified atom stereocenters. The fourth-order valence-corrected chi connectivity index (χ4v) is 6.15. The van der Waals surface area contributed by atoms with E-state index in [1.807, 2.05) is 6.08 Å². The van der Waals surface area contributed by atoms with E-state index in [2.05, 4.69) is 0 Å². The van der Waals surface area contributed by atoms with Crippen LogP contribution in [0.25, 0.3) is 0 Å². The van der Waals surface area contributed by atoms with E-state index in [1.54, 1.807) is 32.0 Å². The van der Waals surface area contributed by atoms with E-state index in [1.165, 1.54) is 6.08 Å². The number of carbonyl (C=O) groups excluding carboxylic acids is 4. The lowest BCUT2D eigenvalue weighted by Crippen LogP contribution is -2.40. The van der Waals surface area contributed by atoms with Crippen LogP contribution in [-0.2, 0) is 24.0 Å². The molecular weight excluding hydrogens is 450 g/mol. The first-order valence-electron chi connectivity index (χ1n) is 11.7. The fourth-order valence-electron chi connectivity index (χ4n) is 6.15. The number of likely N-dealkylation sites (tertiary alicyclic amines) is 1. The molecule has 4 aliphatic rings. The fraction of sp³-hybridized carbons (Fsp3) is 0.370. The molecule has 0 radical (unpaired) electrons. The van der Waals surface area contributed by atoms with Gasteiger partial charge in [-0.15, -0.1) is 0 Å². The Bertz CT molecular complexity index is 1310. The number of aryl methyl sites for hydroxylation is 1. The van der Waals surface area contributed by atoms with Crippen molar-refractivity contribution in [3.63, 3.8) is 0 Å². The molecule has 0 aromatic heterocycles. The van der Waals surface area contributed by atoms with Gasteiger partial charge < -0.3 is 10.2 Å². The average Bonchev–Trinajstić information content (AvgIpc) is 3.06. The first kappa shape index (κ1) is 23.0. The molecule has 0 spiro atoms. The zero-order valence-corrected chi connectivity index (χ0v) is 19.4. The molecule has 8 nitrogen and oxygen atoms in total. The Kier molecular flexibility index (Phi) is 5.34. The van der Waals surface area contributed by atoms with Gasteiger partial charge >= 0.3 is 5.97 Å². The molecule has 2 amide bonds. The molecule has 1 aromatic rings. The van der Waals surface area contributed by atoms with Gasteiger partial charge in [0.1, 0.15) is 5.75 Å². The number of amides is 2. The second kappa shape index (κ2) is 8.15. The highest BCUT2D eigenvalue weighted by atomic mass is 16.4. The second-order valence-corrected chi connectivity index (χ2v) is 9.71. The molecule has 0 bridgehead atoms. The van der Waals surface area contributed by atoms with Crippen LogP contribution in [-0.4, -0.2) is 51.0 Å². The maximum atomic E-state index is 13.4. The number of aromatic hydroxyl groups is 1. The van der Waals surface area contributed by atoms with Crippen molar-refractivity contribution in [2.24, 2.45) is 17.8 Å². The highest BCUT2D eigenvalue weighted by Crippen LogP contribution is 2.56. The largest absolute Gasteiger partial charge is 0.507 e. The van der Waals surface area contributed by atoms with Crippen LogP contribution in [0.3, 0.4) is 0 Å². The van der Waals surface area contributed by atoms with Crippen molar-refractivity contribution < 1.29 is 34.2 Å². The Morgan fingerprint density at radius 2 is 1.83 bits per heavy atom. The number of nitrogens with zero attached hydrogens (tertiary/aromatic N) is 1. The van der Waals surface area contributed by atoms with Crippen molar-refractivity contribution >= 4 is 29.4 Å². The number of rotatable bonds is 4. The third kappa shape index (κ3) is 3.38. The predicted molar refractivity (Wildman–Crippen MR) is 123 cm³/mol. The second-order valence-electron chi connectivity index (χ2n) is 9.71. The summed E-state index contributed by atoms with van der Waals surface area (Å²) < 4.78 is 0. The minimum atomic E-state index is -1.10. The standard InChI is InChI=1S/C27H25NO7/c1-12-4-3-5-15(24(12)32)21-14-6-7-16-22(27(35)28(26(16)34)9-8-20(30)31)17(14)11-18-23(21)19(29)10-13(2)25(18)33/h3-6,10,16-17,21-22,32H,7-9,11H2,1-2H3,(H,30,31)/t16-,17+,21+,22-/m0/s1. The van der Waals surface area contributed by atoms with Crippen LogP contribution >= 0.6 is 0 Å². The van der Waals surface area contributed by atoms with Crippen LogP contribution in [0.15, 0.2) is 52.6 Å². The summed E-state index contributed by atoms with van der Waals surface area (Å²) >= 11 is 0. The van der Waals surface area contributed by atoms with E-state index in [9.17, 15) is 29.1 Å². The number of carboxylic acids is 1. The van der Waals surface area contributed by atoms with Crippen LogP contribution in [0.2, 0.25) is 0 Å². The first-order chi connectivity index (χ1) is 16.6. The van der Waals surface area contributed by atoms with Crippen molar-refractivity contribution in [2.45, 2.75) is 39.0 Å².